The van der Waals surface area contributed by atoms with Gasteiger partial charge in [-0.15, -0.1) is 0 Å². The van der Waals surface area contributed by atoms with Crippen molar-refractivity contribution in [2.24, 2.45) is 5.73 Å². The number of nitro benzene ring substituents is 1. The summed E-state index contributed by atoms with van der Waals surface area (Å²) in [6, 6.07) is 10.4. The molecule has 2 aliphatic rings. The average molecular weight is 489 g/mol. The van der Waals surface area contributed by atoms with E-state index in [-0.39, 0.29) is 51.8 Å². The summed E-state index contributed by atoms with van der Waals surface area (Å²) in [4.78, 5) is 25.4. The molecule has 1 aliphatic carbocycles. The number of halogens is 4. The van der Waals surface area contributed by atoms with Gasteiger partial charge >= 0.3 is 6.18 Å². The number of allylic oxidation sites excluding steroid dienone is 3. The van der Waals surface area contributed by atoms with Crippen LogP contribution in [-0.2, 0) is 11.0 Å². The minimum Gasteiger partial charge on any atom is -0.384 e. The lowest BCUT2D eigenvalue weighted by Crippen LogP contribution is -2.39. The molecule has 11 heteroatoms. The van der Waals surface area contributed by atoms with Crippen LogP contribution in [0.15, 0.2) is 65.1 Å². The van der Waals surface area contributed by atoms with Gasteiger partial charge in [-0.3, -0.25) is 19.8 Å². The molecular formula is C23H16ClF3N4O3. The van der Waals surface area contributed by atoms with Crippen molar-refractivity contribution in [1.29, 1.82) is 5.26 Å². The number of hydrogen-bond acceptors (Lipinski definition) is 6. The Labute approximate surface area is 196 Å². The van der Waals surface area contributed by atoms with Crippen molar-refractivity contribution in [2.45, 2.75) is 31.4 Å². The molecule has 0 radical (unpaired) electrons. The SMILES string of the molecule is N#CC1=C(N)N(c2ccc(Cl)cc2[N+](=O)[O-])C2=C(C(=O)CCC2)[C@H]1c1ccccc1C(F)(F)F. The van der Waals surface area contributed by atoms with Crippen LogP contribution in [0.5, 0.6) is 0 Å². The molecule has 34 heavy (non-hydrogen) atoms. The first-order valence-corrected chi connectivity index (χ1v) is 10.5. The Kier molecular flexibility index (Phi) is 5.83. The minimum absolute atomic E-state index is 0.0158. The molecule has 2 N–H and O–H groups in total. The number of benzene rings is 2. The summed E-state index contributed by atoms with van der Waals surface area (Å²) < 4.78 is 41.5. The fraction of sp³-hybridized carbons (Fsp3) is 0.217. The van der Waals surface area contributed by atoms with E-state index in [1.54, 1.807) is 0 Å². The number of carbonyl (C=O) groups excluding carboxylic acids is 1. The molecule has 2 aromatic carbocycles. The number of carbonyl (C=O) groups is 1. The highest BCUT2D eigenvalue weighted by atomic mass is 35.5. The van der Waals surface area contributed by atoms with Gasteiger partial charge in [-0.25, -0.2) is 0 Å². The second-order valence-corrected chi connectivity index (χ2v) is 8.23. The number of ketones is 1. The molecule has 0 unspecified atom stereocenters. The number of nitriles is 1. The van der Waals surface area contributed by atoms with Crippen LogP contribution in [0.1, 0.15) is 36.3 Å². The van der Waals surface area contributed by atoms with Gasteiger partial charge in [-0.2, -0.15) is 18.4 Å². The molecule has 0 aromatic heterocycles. The highest BCUT2D eigenvalue weighted by Gasteiger charge is 2.45. The zero-order valence-corrected chi connectivity index (χ0v) is 18.2. The van der Waals surface area contributed by atoms with E-state index in [4.69, 9.17) is 17.3 Å². The lowest BCUT2D eigenvalue weighted by atomic mass is 9.74. The highest BCUT2D eigenvalue weighted by Crippen LogP contribution is 2.50. The predicted octanol–water partition coefficient (Wildman–Crippen LogP) is 5.57. The maximum atomic E-state index is 13.8. The number of nitrogens with two attached hydrogens (primary N) is 1. The molecule has 2 aromatic rings. The van der Waals surface area contributed by atoms with Crippen molar-refractivity contribution in [1.82, 2.24) is 0 Å². The summed E-state index contributed by atoms with van der Waals surface area (Å²) >= 11 is 5.92. The Balaban J connectivity index is 2.05. The van der Waals surface area contributed by atoms with Crippen molar-refractivity contribution < 1.29 is 22.9 Å². The Bertz CT molecular complexity index is 1330. The highest BCUT2D eigenvalue weighted by molar-refractivity contribution is 6.31. The lowest BCUT2D eigenvalue weighted by molar-refractivity contribution is -0.384. The van der Waals surface area contributed by atoms with Crippen molar-refractivity contribution >= 4 is 28.8 Å². The van der Waals surface area contributed by atoms with E-state index in [1.165, 1.54) is 35.2 Å². The molecule has 0 spiro atoms. The summed E-state index contributed by atoms with van der Waals surface area (Å²) in [5.74, 6) is -2.07. The van der Waals surface area contributed by atoms with Crippen LogP contribution in [0.2, 0.25) is 5.02 Å². The number of alkyl halides is 3. The standard InChI is InChI=1S/C23H16ClF3N4O3/c24-12-8-9-16(18(10-12)31(33)34)30-17-6-3-7-19(32)21(17)20(14(11-28)22(30)29)13-4-1-2-5-15(13)23(25,26)27/h1-2,4-5,8-10,20H,3,6-7,29H2/t20-/m0/s1. The van der Waals surface area contributed by atoms with E-state index in [2.05, 4.69) is 0 Å². The van der Waals surface area contributed by atoms with Gasteiger partial charge in [0.05, 0.1) is 28.0 Å². The van der Waals surface area contributed by atoms with Crippen LogP contribution < -0.4 is 10.6 Å². The third kappa shape index (κ3) is 3.78. The normalized spacial score (nSPS) is 18.6. The van der Waals surface area contributed by atoms with Crippen molar-refractivity contribution in [3.63, 3.8) is 0 Å². The maximum Gasteiger partial charge on any atom is 0.416 e. The fourth-order valence-corrected chi connectivity index (χ4v) is 4.68. The van der Waals surface area contributed by atoms with E-state index in [0.29, 0.717) is 6.42 Å². The minimum atomic E-state index is -4.74. The quantitative estimate of drug-likeness (QED) is 0.446. The van der Waals surface area contributed by atoms with Crippen LogP contribution >= 0.6 is 11.6 Å². The fourth-order valence-electron chi connectivity index (χ4n) is 4.51. The van der Waals surface area contributed by atoms with E-state index in [0.717, 1.165) is 12.1 Å². The topological polar surface area (TPSA) is 113 Å². The maximum absolute atomic E-state index is 13.8. The number of nitrogens with zero attached hydrogens (tertiary/aromatic N) is 3. The van der Waals surface area contributed by atoms with Crippen LogP contribution in [0.3, 0.4) is 0 Å². The molecule has 0 saturated carbocycles. The van der Waals surface area contributed by atoms with Crippen LogP contribution in [0.25, 0.3) is 0 Å². The predicted molar refractivity (Wildman–Crippen MR) is 117 cm³/mol. The molecule has 1 aliphatic heterocycles. The number of hydrogen-bond donors (Lipinski definition) is 1. The van der Waals surface area contributed by atoms with Gasteiger partial charge in [0, 0.05) is 28.8 Å². The monoisotopic (exact) mass is 488 g/mol. The molecule has 0 bridgehead atoms. The molecule has 0 saturated heterocycles. The first kappa shape index (κ1) is 23.3. The summed E-state index contributed by atoms with van der Waals surface area (Å²) in [6.45, 7) is 0. The van der Waals surface area contributed by atoms with Gasteiger partial charge in [-0.1, -0.05) is 29.8 Å². The Hall–Kier alpha value is -3.84. The molecule has 4 rings (SSSR count). The summed E-state index contributed by atoms with van der Waals surface area (Å²) in [5.41, 5.74) is 4.51. The summed E-state index contributed by atoms with van der Waals surface area (Å²) in [5, 5.41) is 21.8. The van der Waals surface area contributed by atoms with Crippen LogP contribution in [0.4, 0.5) is 24.5 Å². The molecule has 174 valence electrons. The average Bonchev–Trinajstić information content (AvgIpc) is 2.78. The molecule has 1 heterocycles. The van der Waals surface area contributed by atoms with E-state index < -0.39 is 34.1 Å². The first-order chi connectivity index (χ1) is 16.1. The second kappa shape index (κ2) is 8.50. The van der Waals surface area contributed by atoms with Crippen molar-refractivity contribution in [3.05, 3.63) is 91.4 Å². The van der Waals surface area contributed by atoms with Crippen LogP contribution in [-0.4, -0.2) is 10.7 Å². The van der Waals surface area contributed by atoms with Gasteiger partial charge < -0.3 is 5.73 Å². The molecule has 7 nitrogen and oxygen atoms in total. The van der Waals surface area contributed by atoms with Gasteiger partial charge in [0.25, 0.3) is 5.69 Å². The van der Waals surface area contributed by atoms with Crippen molar-refractivity contribution in [3.8, 4) is 6.07 Å². The smallest absolute Gasteiger partial charge is 0.384 e. The first-order valence-electron chi connectivity index (χ1n) is 10.1. The Morgan fingerprint density at radius 2 is 1.91 bits per heavy atom. The van der Waals surface area contributed by atoms with Gasteiger partial charge in [-0.05, 0) is 36.6 Å². The zero-order valence-electron chi connectivity index (χ0n) is 17.4. The molecule has 1 atom stereocenters. The molecule has 0 fully saturated rings. The number of Topliss-reactive ketones (excluding diaryl/α,β-unsaturated/α-hetero) is 1. The summed E-state index contributed by atoms with van der Waals surface area (Å²) in [7, 11) is 0. The molecule has 0 amide bonds. The van der Waals surface area contributed by atoms with E-state index in [1.807, 2.05) is 6.07 Å². The Morgan fingerprint density at radius 3 is 2.56 bits per heavy atom. The summed E-state index contributed by atoms with van der Waals surface area (Å²) in [6.07, 6.45) is -4.07. The van der Waals surface area contributed by atoms with Crippen LogP contribution in [0, 0.1) is 21.4 Å². The zero-order chi connectivity index (χ0) is 24.8. The molecular weight excluding hydrogens is 473 g/mol. The van der Waals surface area contributed by atoms with Crippen molar-refractivity contribution in [2.75, 3.05) is 4.90 Å². The third-order valence-electron chi connectivity index (χ3n) is 5.87. The number of anilines is 1. The van der Waals surface area contributed by atoms with Gasteiger partial charge in [0.15, 0.2) is 5.78 Å². The third-order valence-corrected chi connectivity index (χ3v) is 6.10. The largest absolute Gasteiger partial charge is 0.416 e. The van der Waals surface area contributed by atoms with E-state index >= 15 is 0 Å². The Morgan fingerprint density at radius 1 is 1.21 bits per heavy atom. The van der Waals surface area contributed by atoms with E-state index in [9.17, 15) is 33.3 Å². The number of rotatable bonds is 3. The number of nitro groups is 1. The van der Waals surface area contributed by atoms with Gasteiger partial charge in [0.1, 0.15) is 11.5 Å². The van der Waals surface area contributed by atoms with Gasteiger partial charge in [0.2, 0.25) is 0 Å². The lowest BCUT2D eigenvalue weighted by Gasteiger charge is -2.39. The second-order valence-electron chi connectivity index (χ2n) is 7.79.